The van der Waals surface area contributed by atoms with Crippen LogP contribution >= 0.6 is 0 Å². The summed E-state index contributed by atoms with van der Waals surface area (Å²) in [5.41, 5.74) is -0.0872. The summed E-state index contributed by atoms with van der Waals surface area (Å²) in [7, 11) is 0. The fraction of sp³-hybridized carbons (Fsp3) is 0.500. The van der Waals surface area contributed by atoms with Crippen molar-refractivity contribution < 1.29 is 9.18 Å². The molecule has 0 aliphatic carbocycles. The Morgan fingerprint density at radius 1 is 1.12 bits per heavy atom. The van der Waals surface area contributed by atoms with Crippen LogP contribution in [0.3, 0.4) is 0 Å². The fourth-order valence-corrected chi connectivity index (χ4v) is 4.71. The van der Waals surface area contributed by atoms with Crippen molar-refractivity contribution >= 4 is 22.5 Å². The summed E-state index contributed by atoms with van der Waals surface area (Å²) in [6.07, 6.45) is 5.68. The Bertz CT molecular complexity index is 1170. The molecule has 0 radical (unpaired) electrons. The molecule has 0 bridgehead atoms. The van der Waals surface area contributed by atoms with Crippen LogP contribution < -0.4 is 10.6 Å². The highest BCUT2D eigenvalue weighted by atomic mass is 19.1. The van der Waals surface area contributed by atoms with Crippen molar-refractivity contribution in [3.8, 4) is 11.4 Å². The van der Waals surface area contributed by atoms with Crippen molar-refractivity contribution in [3.05, 3.63) is 36.5 Å². The lowest BCUT2D eigenvalue weighted by Gasteiger charge is -2.36. The number of amides is 1. The fourth-order valence-electron chi connectivity index (χ4n) is 4.71. The van der Waals surface area contributed by atoms with E-state index in [1.54, 1.807) is 18.5 Å². The number of carbonyl (C=O) groups excluding carboxylic acids is 1. The van der Waals surface area contributed by atoms with Gasteiger partial charge in [0.15, 0.2) is 5.67 Å². The summed E-state index contributed by atoms with van der Waals surface area (Å²) in [5, 5.41) is 7.77. The zero-order valence-corrected chi connectivity index (χ0v) is 19.1. The Balaban J connectivity index is 1.33. The van der Waals surface area contributed by atoms with Gasteiger partial charge in [0.05, 0.1) is 24.1 Å². The van der Waals surface area contributed by atoms with Gasteiger partial charge in [0.25, 0.3) is 5.91 Å². The number of rotatable bonds is 5. The predicted octanol–water partition coefficient (Wildman–Crippen LogP) is 3.00. The van der Waals surface area contributed by atoms with E-state index in [4.69, 9.17) is 0 Å². The van der Waals surface area contributed by atoms with Gasteiger partial charge in [-0.15, -0.1) is 0 Å². The van der Waals surface area contributed by atoms with E-state index in [-0.39, 0.29) is 12.8 Å². The highest BCUT2D eigenvalue weighted by molar-refractivity contribution is 5.98. The molecule has 0 atom stereocenters. The van der Waals surface area contributed by atoms with Gasteiger partial charge in [-0.3, -0.25) is 9.78 Å². The number of imidazole rings is 1. The van der Waals surface area contributed by atoms with E-state index in [1.807, 2.05) is 12.3 Å². The van der Waals surface area contributed by atoms with E-state index in [2.05, 4.69) is 48.9 Å². The van der Waals surface area contributed by atoms with Crippen LogP contribution in [-0.4, -0.2) is 62.2 Å². The normalized spacial score (nSPS) is 18.4. The number of nitrogens with one attached hydrogen (secondary N) is 2. The number of pyridine rings is 2. The zero-order valence-electron chi connectivity index (χ0n) is 19.1. The lowest BCUT2D eigenvalue weighted by molar-refractivity contribution is -0.130. The van der Waals surface area contributed by atoms with Gasteiger partial charge in [-0.25, -0.2) is 14.4 Å². The molecule has 9 heteroatoms. The minimum absolute atomic E-state index is 0.203. The van der Waals surface area contributed by atoms with Gasteiger partial charge in [-0.2, -0.15) is 0 Å². The Morgan fingerprint density at radius 2 is 1.91 bits per heavy atom. The molecule has 1 saturated heterocycles. The molecule has 8 nitrogen and oxygen atoms in total. The summed E-state index contributed by atoms with van der Waals surface area (Å²) in [4.78, 5) is 28.4. The number of alkyl halides is 1. The molecule has 2 N–H and O–H groups in total. The number of aromatic nitrogens is 4. The highest BCUT2D eigenvalue weighted by Gasteiger charge is 2.41. The summed E-state index contributed by atoms with van der Waals surface area (Å²) in [6.45, 7) is 8.88. The van der Waals surface area contributed by atoms with E-state index in [9.17, 15) is 4.79 Å². The SMILES string of the molecule is CC(C)CN1CCC(F)(C(=O)Nc2cc3cc(-c4cnc5n4CCNC5)ncc3cn2)CC1. The number of hydrogen-bond donors (Lipinski definition) is 2. The summed E-state index contributed by atoms with van der Waals surface area (Å²) in [5.74, 6) is 1.27. The number of hydrogen-bond acceptors (Lipinski definition) is 6. The van der Waals surface area contributed by atoms with Gasteiger partial charge in [-0.05, 0) is 23.4 Å². The quantitative estimate of drug-likeness (QED) is 0.620. The van der Waals surface area contributed by atoms with Crippen molar-refractivity contribution in [3.63, 3.8) is 0 Å². The van der Waals surface area contributed by atoms with Crippen LogP contribution in [0.5, 0.6) is 0 Å². The number of likely N-dealkylation sites (tertiary alicyclic amines) is 1. The Kier molecular flexibility index (Phi) is 5.84. The largest absolute Gasteiger partial charge is 0.324 e. The van der Waals surface area contributed by atoms with E-state index in [1.165, 1.54) is 0 Å². The van der Waals surface area contributed by atoms with Gasteiger partial charge in [0.1, 0.15) is 11.6 Å². The number of fused-ring (bicyclic) bond motifs is 2. The van der Waals surface area contributed by atoms with Crippen molar-refractivity contribution in [1.82, 2.24) is 29.7 Å². The van der Waals surface area contributed by atoms with Crippen LogP contribution in [0.4, 0.5) is 10.2 Å². The Hall–Kier alpha value is -2.91. The van der Waals surface area contributed by atoms with Crippen LogP contribution in [0.15, 0.2) is 30.7 Å². The number of anilines is 1. The van der Waals surface area contributed by atoms with Crippen LogP contribution in [0.1, 0.15) is 32.5 Å². The molecule has 1 fully saturated rings. The van der Waals surface area contributed by atoms with Crippen molar-refractivity contribution in [1.29, 1.82) is 0 Å². The van der Waals surface area contributed by atoms with Crippen molar-refractivity contribution in [2.45, 2.75) is 45.4 Å². The first-order valence-corrected chi connectivity index (χ1v) is 11.7. The monoisotopic (exact) mass is 451 g/mol. The molecule has 2 aliphatic rings. The Labute approximate surface area is 192 Å². The zero-order chi connectivity index (χ0) is 23.0. The van der Waals surface area contributed by atoms with Gasteiger partial charge in [0.2, 0.25) is 0 Å². The maximum absolute atomic E-state index is 15.4. The minimum Gasteiger partial charge on any atom is -0.324 e. The molecule has 0 saturated carbocycles. The number of piperidine rings is 1. The third-order valence-corrected chi connectivity index (χ3v) is 6.52. The highest BCUT2D eigenvalue weighted by Crippen LogP contribution is 2.29. The lowest BCUT2D eigenvalue weighted by atomic mass is 9.92. The molecule has 3 aromatic heterocycles. The maximum atomic E-state index is 15.4. The second-order valence-electron chi connectivity index (χ2n) is 9.49. The van der Waals surface area contributed by atoms with Crippen molar-refractivity contribution in [2.24, 2.45) is 5.92 Å². The van der Waals surface area contributed by atoms with Crippen LogP contribution in [-0.2, 0) is 17.9 Å². The van der Waals surface area contributed by atoms with E-state index < -0.39 is 11.6 Å². The smallest absolute Gasteiger partial charge is 0.263 e. The third-order valence-electron chi connectivity index (χ3n) is 6.52. The summed E-state index contributed by atoms with van der Waals surface area (Å²) in [6, 6.07) is 3.75. The number of carbonyl (C=O) groups is 1. The maximum Gasteiger partial charge on any atom is 0.263 e. The molecule has 0 spiro atoms. The number of nitrogens with zero attached hydrogens (tertiary/aromatic N) is 5. The second kappa shape index (κ2) is 8.79. The number of halogens is 1. The van der Waals surface area contributed by atoms with E-state index >= 15 is 4.39 Å². The average Bonchev–Trinajstić information content (AvgIpc) is 3.24. The minimum atomic E-state index is -1.86. The van der Waals surface area contributed by atoms with Crippen molar-refractivity contribution in [2.75, 3.05) is 31.5 Å². The molecular formula is C24H30FN7O. The van der Waals surface area contributed by atoms with E-state index in [0.29, 0.717) is 24.8 Å². The van der Waals surface area contributed by atoms with Gasteiger partial charge >= 0.3 is 0 Å². The first kappa shape index (κ1) is 21.9. The molecule has 33 heavy (non-hydrogen) atoms. The van der Waals surface area contributed by atoms with E-state index in [0.717, 1.165) is 54.2 Å². The van der Waals surface area contributed by atoms with Crippen LogP contribution in [0.25, 0.3) is 22.2 Å². The predicted molar refractivity (Wildman–Crippen MR) is 125 cm³/mol. The van der Waals surface area contributed by atoms with Gasteiger partial charge in [-0.1, -0.05) is 13.8 Å². The first-order chi connectivity index (χ1) is 15.9. The molecular weight excluding hydrogens is 421 g/mol. The molecule has 5 rings (SSSR count). The second-order valence-corrected chi connectivity index (χ2v) is 9.49. The van der Waals surface area contributed by atoms with Crippen LogP contribution in [0, 0.1) is 5.92 Å². The molecule has 3 aromatic rings. The van der Waals surface area contributed by atoms with Gasteiger partial charge in [0, 0.05) is 63.3 Å². The molecule has 174 valence electrons. The first-order valence-electron chi connectivity index (χ1n) is 11.7. The average molecular weight is 452 g/mol. The molecule has 5 heterocycles. The van der Waals surface area contributed by atoms with Gasteiger partial charge < -0.3 is 20.1 Å². The molecule has 0 unspecified atom stereocenters. The molecule has 1 amide bonds. The molecule has 2 aliphatic heterocycles. The standard InChI is InChI=1S/C24H30FN7O/c1-16(2)15-31-6-3-24(25,4-7-31)23(33)30-21-10-17-9-19(27-11-18(17)12-28-21)20-13-29-22-14-26-5-8-32(20)22/h9-13,16,26H,3-8,14-15H2,1-2H3,(H,28,30,33). The molecule has 0 aromatic carbocycles. The van der Waals surface area contributed by atoms with Crippen LogP contribution in [0.2, 0.25) is 0 Å². The topological polar surface area (TPSA) is 88.0 Å². The Morgan fingerprint density at radius 3 is 2.70 bits per heavy atom. The lowest BCUT2D eigenvalue weighted by Crippen LogP contribution is -2.49. The summed E-state index contributed by atoms with van der Waals surface area (Å²) < 4.78 is 17.6. The summed E-state index contributed by atoms with van der Waals surface area (Å²) >= 11 is 0. The third kappa shape index (κ3) is 4.47.